The number of hydrogen-bond donors (Lipinski definition) is 0. The van der Waals surface area contributed by atoms with E-state index in [4.69, 9.17) is 4.74 Å². The van der Waals surface area contributed by atoms with E-state index in [1.54, 1.807) is 13.5 Å². The zero-order chi connectivity index (χ0) is 12.2. The van der Waals surface area contributed by atoms with Gasteiger partial charge in [0.15, 0.2) is 0 Å². The summed E-state index contributed by atoms with van der Waals surface area (Å²) in [6.07, 6.45) is 9.27. The average molecular weight is 224 g/mol. The second kappa shape index (κ2) is 10.7. The van der Waals surface area contributed by atoms with E-state index in [0.717, 1.165) is 19.3 Å². The Kier molecular flexibility index (Phi) is 10.2. The molecule has 0 spiro atoms. The van der Waals surface area contributed by atoms with E-state index in [1.165, 1.54) is 32.1 Å². The molecule has 0 aliphatic heterocycles. The summed E-state index contributed by atoms with van der Waals surface area (Å²) in [7, 11) is 0. The molecule has 0 aromatic rings. The molecule has 0 saturated heterocycles. The lowest BCUT2D eigenvalue weighted by atomic mass is 10.1. The van der Waals surface area contributed by atoms with Crippen LogP contribution in [0.1, 0.15) is 58.3 Å². The lowest BCUT2D eigenvalue weighted by Gasteiger charge is -2.03. The highest BCUT2D eigenvalue weighted by atomic mass is 16.5. The third-order valence-corrected chi connectivity index (χ3v) is 2.36. The van der Waals surface area contributed by atoms with Crippen molar-refractivity contribution in [2.45, 2.75) is 58.3 Å². The summed E-state index contributed by atoms with van der Waals surface area (Å²) >= 11 is 0. The third kappa shape index (κ3) is 9.75. The van der Waals surface area contributed by atoms with Crippen molar-refractivity contribution in [3.8, 4) is 0 Å². The highest BCUT2D eigenvalue weighted by molar-refractivity contribution is 5.87. The Morgan fingerprint density at radius 1 is 1.12 bits per heavy atom. The molecule has 0 atom stereocenters. The Morgan fingerprint density at radius 3 is 2.25 bits per heavy atom. The number of carbonyl (C=O) groups excluding carboxylic acids is 1. The van der Waals surface area contributed by atoms with Gasteiger partial charge >= 0.3 is 5.97 Å². The van der Waals surface area contributed by atoms with Gasteiger partial charge in [0.05, 0.1) is 0 Å². The molecule has 2 heteroatoms. The molecule has 92 valence electrons. The standard InChI is InChI=1S/C14H24O2/c1-4-5-6-7-8-9-10-11-12-16-14(15)13(2)3/h12H,1-2,4-11H2,3H3. The molecule has 0 unspecified atom stereocenters. The summed E-state index contributed by atoms with van der Waals surface area (Å²) in [6.45, 7) is 10.6. The highest BCUT2D eigenvalue weighted by Gasteiger charge is 2.02. The van der Waals surface area contributed by atoms with E-state index in [0.29, 0.717) is 5.57 Å². The maximum Gasteiger partial charge on any atom is 0.333 e. The average Bonchev–Trinajstić information content (AvgIpc) is 2.26. The monoisotopic (exact) mass is 224 g/mol. The lowest BCUT2D eigenvalue weighted by molar-refractivity contribution is -0.135. The first-order valence-electron chi connectivity index (χ1n) is 6.16. The predicted octanol–water partition coefficient (Wildman–Crippen LogP) is 4.22. The molecular formula is C14H24O2. The normalized spacial score (nSPS) is 10.1. The molecule has 0 N–H and O–H groups in total. The van der Waals surface area contributed by atoms with Crippen molar-refractivity contribution >= 4 is 5.97 Å². The molecule has 0 aromatic heterocycles. The summed E-state index contributed by atoms with van der Waals surface area (Å²) < 4.78 is 4.88. The second-order valence-electron chi connectivity index (χ2n) is 4.12. The van der Waals surface area contributed by atoms with E-state index in [-0.39, 0.29) is 5.97 Å². The van der Waals surface area contributed by atoms with Gasteiger partial charge in [0.1, 0.15) is 6.61 Å². The minimum Gasteiger partial charge on any atom is -0.455 e. The first-order valence-corrected chi connectivity index (χ1v) is 6.16. The molecule has 0 heterocycles. The summed E-state index contributed by atoms with van der Waals surface area (Å²) in [4.78, 5) is 11.0. The van der Waals surface area contributed by atoms with E-state index in [1.807, 2.05) is 0 Å². The van der Waals surface area contributed by atoms with Crippen LogP contribution in [0.3, 0.4) is 0 Å². The van der Waals surface area contributed by atoms with Gasteiger partial charge in [-0.25, -0.2) is 4.79 Å². The van der Waals surface area contributed by atoms with Gasteiger partial charge in [0.2, 0.25) is 0 Å². The molecule has 0 fully saturated rings. The molecule has 2 nitrogen and oxygen atoms in total. The Hall–Kier alpha value is -0.790. The number of esters is 1. The van der Waals surface area contributed by atoms with Crippen molar-refractivity contribution < 1.29 is 9.53 Å². The summed E-state index contributed by atoms with van der Waals surface area (Å²) in [5, 5.41) is 0. The smallest absolute Gasteiger partial charge is 0.333 e. The van der Waals surface area contributed by atoms with E-state index in [2.05, 4.69) is 13.5 Å². The van der Waals surface area contributed by atoms with Gasteiger partial charge in [-0.2, -0.15) is 0 Å². The summed E-state index contributed by atoms with van der Waals surface area (Å²) in [6, 6.07) is 0. The van der Waals surface area contributed by atoms with Gasteiger partial charge in [-0.05, 0) is 19.8 Å². The van der Waals surface area contributed by atoms with E-state index < -0.39 is 0 Å². The first kappa shape index (κ1) is 15.2. The molecule has 0 bridgehead atoms. The van der Waals surface area contributed by atoms with Crippen molar-refractivity contribution in [3.05, 3.63) is 25.7 Å². The Bertz CT molecular complexity index is 197. The van der Waals surface area contributed by atoms with E-state index >= 15 is 0 Å². The Morgan fingerprint density at radius 2 is 1.69 bits per heavy atom. The van der Waals surface area contributed by atoms with Crippen LogP contribution in [-0.2, 0) is 9.53 Å². The van der Waals surface area contributed by atoms with Gasteiger partial charge in [0, 0.05) is 5.57 Å². The minimum atomic E-state index is -0.324. The quantitative estimate of drug-likeness (QED) is 0.315. The first-order chi connectivity index (χ1) is 7.68. The lowest BCUT2D eigenvalue weighted by Crippen LogP contribution is -2.02. The van der Waals surface area contributed by atoms with Crippen LogP contribution in [0, 0.1) is 13.5 Å². The number of ether oxygens (including phenoxy) is 1. The van der Waals surface area contributed by atoms with Crippen molar-refractivity contribution in [2.75, 3.05) is 0 Å². The van der Waals surface area contributed by atoms with Crippen LogP contribution >= 0.6 is 0 Å². The molecule has 0 aromatic carbocycles. The molecule has 0 rings (SSSR count). The Balaban J connectivity index is 3.10. The van der Waals surface area contributed by atoms with Crippen LogP contribution < -0.4 is 0 Å². The zero-order valence-corrected chi connectivity index (χ0v) is 10.5. The van der Waals surface area contributed by atoms with E-state index in [9.17, 15) is 4.79 Å². The molecule has 0 amide bonds. The van der Waals surface area contributed by atoms with Gasteiger partial charge in [-0.15, -0.1) is 0 Å². The van der Waals surface area contributed by atoms with Gasteiger partial charge < -0.3 is 4.74 Å². The molecule has 2 radical (unpaired) electrons. The number of rotatable bonds is 10. The van der Waals surface area contributed by atoms with Crippen LogP contribution in [0.15, 0.2) is 12.2 Å². The van der Waals surface area contributed by atoms with Crippen molar-refractivity contribution in [1.29, 1.82) is 0 Å². The van der Waals surface area contributed by atoms with Gasteiger partial charge in [-0.3, -0.25) is 0 Å². The fourth-order valence-electron chi connectivity index (χ4n) is 1.35. The van der Waals surface area contributed by atoms with Crippen LogP contribution in [0.5, 0.6) is 0 Å². The maximum atomic E-state index is 11.0. The molecule has 0 aliphatic carbocycles. The maximum absolute atomic E-state index is 11.0. The Labute approximate surface area is 100 Å². The molecular weight excluding hydrogens is 200 g/mol. The van der Waals surface area contributed by atoms with Crippen molar-refractivity contribution in [3.63, 3.8) is 0 Å². The molecule has 16 heavy (non-hydrogen) atoms. The number of unbranched alkanes of at least 4 members (excludes halogenated alkanes) is 7. The topological polar surface area (TPSA) is 26.3 Å². The fourth-order valence-corrected chi connectivity index (χ4v) is 1.35. The van der Waals surface area contributed by atoms with Crippen LogP contribution in [0.25, 0.3) is 0 Å². The summed E-state index contributed by atoms with van der Waals surface area (Å²) in [5.41, 5.74) is 0.449. The summed E-state index contributed by atoms with van der Waals surface area (Å²) in [5.74, 6) is -0.324. The fraction of sp³-hybridized carbons (Fsp3) is 0.643. The van der Waals surface area contributed by atoms with Gasteiger partial charge in [0.25, 0.3) is 0 Å². The van der Waals surface area contributed by atoms with Crippen molar-refractivity contribution in [2.24, 2.45) is 0 Å². The molecule has 0 saturated carbocycles. The zero-order valence-electron chi connectivity index (χ0n) is 10.5. The predicted molar refractivity (Wildman–Crippen MR) is 67.5 cm³/mol. The van der Waals surface area contributed by atoms with Crippen LogP contribution in [0.2, 0.25) is 0 Å². The number of carbonyl (C=O) groups is 1. The van der Waals surface area contributed by atoms with Gasteiger partial charge in [-0.1, -0.05) is 52.0 Å². The SMILES string of the molecule is [CH2]CCCCCCCC[CH]OC(=O)C(=C)C. The minimum absolute atomic E-state index is 0.324. The molecule has 0 aliphatic rings. The number of hydrogen-bond acceptors (Lipinski definition) is 2. The largest absolute Gasteiger partial charge is 0.455 e. The third-order valence-electron chi connectivity index (χ3n) is 2.36. The second-order valence-corrected chi connectivity index (χ2v) is 4.12. The van der Waals surface area contributed by atoms with Crippen LogP contribution in [0.4, 0.5) is 0 Å². The van der Waals surface area contributed by atoms with Crippen LogP contribution in [-0.4, -0.2) is 5.97 Å². The highest BCUT2D eigenvalue weighted by Crippen LogP contribution is 2.09. The van der Waals surface area contributed by atoms with Crippen molar-refractivity contribution in [1.82, 2.24) is 0 Å².